The summed E-state index contributed by atoms with van der Waals surface area (Å²) in [5.41, 5.74) is 1.00. The number of rotatable bonds is 8. The fourth-order valence-electron chi connectivity index (χ4n) is 2.92. The van der Waals surface area contributed by atoms with Gasteiger partial charge >= 0.3 is 0 Å². The first-order chi connectivity index (χ1) is 10.2. The average Bonchev–Trinajstić information content (AvgIpc) is 2.97. The predicted octanol–water partition coefficient (Wildman–Crippen LogP) is 3.69. The Labute approximate surface area is 127 Å². The molecule has 1 heterocycles. The second-order valence-corrected chi connectivity index (χ2v) is 6.37. The maximum absolute atomic E-state index is 6.29. The number of allylic oxidation sites excluding steroid dienone is 3. The topological polar surface area (TPSA) is 50.8 Å². The lowest BCUT2D eigenvalue weighted by molar-refractivity contribution is -0.0362. The molecule has 1 aliphatic rings. The van der Waals surface area contributed by atoms with E-state index in [1.165, 1.54) is 0 Å². The molecule has 1 aromatic heterocycles. The van der Waals surface area contributed by atoms with Crippen LogP contribution < -0.4 is 0 Å². The Kier molecular flexibility index (Phi) is 5.74. The normalized spacial score (nSPS) is 22.9. The second-order valence-electron chi connectivity index (χ2n) is 6.37. The van der Waals surface area contributed by atoms with Gasteiger partial charge in [-0.3, -0.25) is 0 Å². The van der Waals surface area contributed by atoms with Gasteiger partial charge in [0.25, 0.3) is 0 Å². The Balaban J connectivity index is 2.18. The van der Waals surface area contributed by atoms with E-state index >= 15 is 0 Å². The molecule has 0 bridgehead atoms. The molecular weight excluding hydrogens is 262 g/mol. The number of nitrogens with zero attached hydrogens (tertiary/aromatic N) is 2. The van der Waals surface area contributed by atoms with E-state index in [0.29, 0.717) is 5.92 Å². The van der Waals surface area contributed by atoms with Crippen LogP contribution in [-0.4, -0.2) is 28.1 Å². The maximum Gasteiger partial charge on any atom is 0.0834 e. The van der Waals surface area contributed by atoms with E-state index in [9.17, 15) is 0 Å². The summed E-state index contributed by atoms with van der Waals surface area (Å²) >= 11 is 0. The molecule has 2 unspecified atom stereocenters. The molecule has 0 amide bonds. The first-order valence-corrected chi connectivity index (χ1v) is 7.97. The highest BCUT2D eigenvalue weighted by Gasteiger charge is 2.37. The van der Waals surface area contributed by atoms with Gasteiger partial charge in [0.05, 0.1) is 18.0 Å². The zero-order valence-electron chi connectivity index (χ0n) is 13.4. The van der Waals surface area contributed by atoms with Crippen LogP contribution in [0.15, 0.2) is 30.5 Å². The third-order valence-corrected chi connectivity index (χ3v) is 3.97. The van der Waals surface area contributed by atoms with Gasteiger partial charge in [0.15, 0.2) is 0 Å². The SMILES string of the molecule is CCCC(OCC(C)C)C1(Cc2cn[nH]n2)C=CC=CC1. The fraction of sp³-hybridized carbons (Fsp3) is 0.647. The zero-order chi connectivity index (χ0) is 15.1. The highest BCUT2D eigenvalue weighted by molar-refractivity contribution is 5.21. The van der Waals surface area contributed by atoms with Crippen molar-refractivity contribution in [2.45, 2.75) is 52.6 Å². The molecule has 0 aromatic carbocycles. The van der Waals surface area contributed by atoms with Gasteiger partial charge in [0.2, 0.25) is 0 Å². The lowest BCUT2D eigenvalue weighted by atomic mass is 9.72. The summed E-state index contributed by atoms with van der Waals surface area (Å²) < 4.78 is 6.29. The molecule has 0 radical (unpaired) electrons. The molecule has 0 saturated heterocycles. The zero-order valence-corrected chi connectivity index (χ0v) is 13.4. The van der Waals surface area contributed by atoms with Gasteiger partial charge in [-0.2, -0.15) is 15.4 Å². The summed E-state index contributed by atoms with van der Waals surface area (Å²) in [5.74, 6) is 0.552. The van der Waals surface area contributed by atoms with Crippen molar-refractivity contribution in [2.75, 3.05) is 6.61 Å². The van der Waals surface area contributed by atoms with E-state index in [4.69, 9.17) is 4.74 Å². The summed E-state index contributed by atoms with van der Waals surface area (Å²) in [4.78, 5) is 0. The van der Waals surface area contributed by atoms with E-state index in [0.717, 1.165) is 38.0 Å². The van der Waals surface area contributed by atoms with Crippen LogP contribution in [0.3, 0.4) is 0 Å². The number of hydrogen-bond donors (Lipinski definition) is 1. The summed E-state index contributed by atoms with van der Waals surface area (Å²) in [7, 11) is 0. The smallest absolute Gasteiger partial charge is 0.0834 e. The van der Waals surface area contributed by atoms with Crippen LogP contribution in [0, 0.1) is 11.3 Å². The highest BCUT2D eigenvalue weighted by atomic mass is 16.5. The molecule has 1 N–H and O–H groups in total. The van der Waals surface area contributed by atoms with Crippen LogP contribution in [0.5, 0.6) is 0 Å². The van der Waals surface area contributed by atoms with E-state index in [2.05, 4.69) is 60.5 Å². The van der Waals surface area contributed by atoms with Crippen LogP contribution >= 0.6 is 0 Å². The molecule has 1 aromatic rings. The van der Waals surface area contributed by atoms with Crippen LogP contribution in [-0.2, 0) is 11.2 Å². The monoisotopic (exact) mass is 289 g/mol. The molecule has 1 aliphatic carbocycles. The van der Waals surface area contributed by atoms with Gasteiger partial charge in [0.1, 0.15) is 0 Å². The van der Waals surface area contributed by atoms with E-state index in [1.807, 2.05) is 6.20 Å². The quantitative estimate of drug-likeness (QED) is 0.794. The largest absolute Gasteiger partial charge is 0.377 e. The molecule has 2 rings (SSSR count). The van der Waals surface area contributed by atoms with E-state index in [-0.39, 0.29) is 11.5 Å². The molecule has 116 valence electrons. The van der Waals surface area contributed by atoms with Crippen molar-refractivity contribution in [3.05, 3.63) is 36.2 Å². The van der Waals surface area contributed by atoms with Crippen molar-refractivity contribution in [1.29, 1.82) is 0 Å². The number of H-pyrrole nitrogens is 1. The fourth-order valence-corrected chi connectivity index (χ4v) is 2.92. The number of ether oxygens (including phenoxy) is 1. The number of aromatic nitrogens is 3. The molecule has 0 fully saturated rings. The summed E-state index contributed by atoms with van der Waals surface area (Å²) in [6.45, 7) is 7.43. The minimum atomic E-state index is -0.00345. The van der Waals surface area contributed by atoms with Crippen molar-refractivity contribution in [1.82, 2.24) is 15.4 Å². The Morgan fingerprint density at radius 2 is 2.24 bits per heavy atom. The first kappa shape index (κ1) is 16.0. The molecule has 0 saturated carbocycles. The van der Waals surface area contributed by atoms with Crippen LogP contribution in [0.2, 0.25) is 0 Å². The standard InChI is InChI=1S/C17H27N3O/c1-4-8-16(21-13-14(2)3)17(9-6-5-7-10-17)11-15-12-18-20-19-15/h5-7,9,12,14,16H,4,8,10-11,13H2,1-3H3,(H,18,19,20). The lowest BCUT2D eigenvalue weighted by Gasteiger charge is -2.39. The molecule has 4 heteroatoms. The van der Waals surface area contributed by atoms with Crippen LogP contribution in [0.1, 0.15) is 45.7 Å². The molecule has 4 nitrogen and oxygen atoms in total. The van der Waals surface area contributed by atoms with Crippen molar-refractivity contribution in [2.24, 2.45) is 11.3 Å². The molecule has 2 atom stereocenters. The lowest BCUT2D eigenvalue weighted by Crippen LogP contribution is -2.39. The Morgan fingerprint density at radius 1 is 1.38 bits per heavy atom. The molecular formula is C17H27N3O. The second kappa shape index (κ2) is 7.55. The van der Waals surface area contributed by atoms with E-state index in [1.54, 1.807) is 0 Å². The third-order valence-electron chi connectivity index (χ3n) is 3.97. The van der Waals surface area contributed by atoms with Crippen LogP contribution in [0.4, 0.5) is 0 Å². The Hall–Kier alpha value is -1.42. The molecule has 0 spiro atoms. The van der Waals surface area contributed by atoms with Crippen LogP contribution in [0.25, 0.3) is 0 Å². The summed E-state index contributed by atoms with van der Waals surface area (Å²) in [6.07, 6.45) is 14.9. The van der Waals surface area contributed by atoms with Crippen molar-refractivity contribution in [3.63, 3.8) is 0 Å². The first-order valence-electron chi connectivity index (χ1n) is 7.97. The molecule has 0 aliphatic heterocycles. The minimum absolute atomic E-state index is 0.00345. The average molecular weight is 289 g/mol. The van der Waals surface area contributed by atoms with E-state index < -0.39 is 0 Å². The molecule has 21 heavy (non-hydrogen) atoms. The third kappa shape index (κ3) is 4.27. The van der Waals surface area contributed by atoms with Gasteiger partial charge in [-0.1, -0.05) is 51.5 Å². The number of hydrogen-bond acceptors (Lipinski definition) is 3. The Bertz CT molecular complexity index is 464. The van der Waals surface area contributed by atoms with Crippen molar-refractivity contribution < 1.29 is 4.74 Å². The Morgan fingerprint density at radius 3 is 2.81 bits per heavy atom. The number of nitrogens with one attached hydrogen (secondary N) is 1. The summed E-state index contributed by atoms with van der Waals surface area (Å²) in [6, 6.07) is 0. The number of aromatic amines is 1. The summed E-state index contributed by atoms with van der Waals surface area (Å²) in [5, 5.41) is 10.9. The van der Waals surface area contributed by atoms with Crippen molar-refractivity contribution in [3.8, 4) is 0 Å². The van der Waals surface area contributed by atoms with Gasteiger partial charge < -0.3 is 4.74 Å². The van der Waals surface area contributed by atoms with Gasteiger partial charge in [-0.15, -0.1) is 0 Å². The highest BCUT2D eigenvalue weighted by Crippen LogP contribution is 2.39. The van der Waals surface area contributed by atoms with Gasteiger partial charge in [0, 0.05) is 18.4 Å². The maximum atomic E-state index is 6.29. The van der Waals surface area contributed by atoms with Gasteiger partial charge in [-0.25, -0.2) is 0 Å². The predicted molar refractivity (Wildman–Crippen MR) is 84.9 cm³/mol. The van der Waals surface area contributed by atoms with Crippen molar-refractivity contribution >= 4 is 0 Å². The minimum Gasteiger partial charge on any atom is -0.377 e. The van der Waals surface area contributed by atoms with Gasteiger partial charge in [-0.05, 0) is 18.8 Å².